The number of aromatic nitrogens is 3. The number of nitrogens with zero attached hydrogens (tertiary/aromatic N) is 3. The van der Waals surface area contributed by atoms with Gasteiger partial charge in [-0.1, -0.05) is 11.3 Å². The van der Waals surface area contributed by atoms with Crippen LogP contribution in [0.2, 0.25) is 0 Å². The van der Waals surface area contributed by atoms with E-state index in [1.807, 2.05) is 13.0 Å². The molecule has 2 aromatic heterocycles. The van der Waals surface area contributed by atoms with E-state index >= 15 is 0 Å². The normalized spacial score (nSPS) is 10.6. The fourth-order valence-corrected chi connectivity index (χ4v) is 3.15. The molecule has 0 saturated carbocycles. The Morgan fingerprint density at radius 3 is 2.72 bits per heavy atom. The van der Waals surface area contributed by atoms with Crippen molar-refractivity contribution in [3.8, 4) is 16.3 Å². The molecule has 0 bridgehead atoms. The van der Waals surface area contributed by atoms with Gasteiger partial charge in [0.2, 0.25) is 5.95 Å². The predicted molar refractivity (Wildman–Crippen MR) is 99.6 cm³/mol. The van der Waals surface area contributed by atoms with Crippen molar-refractivity contribution in [2.45, 2.75) is 6.92 Å². The van der Waals surface area contributed by atoms with E-state index in [1.165, 1.54) is 0 Å². The highest BCUT2D eigenvalue weighted by molar-refractivity contribution is 7.19. The Kier molecular flexibility index (Phi) is 5.42. The Bertz CT molecular complexity index is 835. The molecule has 0 atom stereocenters. The molecule has 3 aromatic rings. The highest BCUT2D eigenvalue weighted by Gasteiger charge is 2.12. The molecular formula is C17H19N5O2S. The van der Waals surface area contributed by atoms with Gasteiger partial charge in [0.05, 0.1) is 22.9 Å². The number of aryl methyl sites for hydroxylation is 1. The highest BCUT2D eigenvalue weighted by atomic mass is 32.1. The number of ether oxygens (including phenoxy) is 1. The summed E-state index contributed by atoms with van der Waals surface area (Å²) in [5, 5.41) is 16.6. The molecule has 0 fully saturated rings. The van der Waals surface area contributed by atoms with Crippen LogP contribution < -0.4 is 10.6 Å². The number of phenols is 1. The summed E-state index contributed by atoms with van der Waals surface area (Å²) in [6, 6.07) is 8.61. The second kappa shape index (κ2) is 7.91. The molecule has 0 aliphatic rings. The summed E-state index contributed by atoms with van der Waals surface area (Å²) < 4.78 is 5.03. The molecule has 0 unspecified atom stereocenters. The van der Waals surface area contributed by atoms with Gasteiger partial charge in [-0.3, -0.25) is 0 Å². The van der Waals surface area contributed by atoms with Gasteiger partial charge < -0.3 is 20.5 Å². The lowest BCUT2D eigenvalue weighted by Crippen LogP contribution is -2.06. The molecule has 0 aliphatic carbocycles. The van der Waals surface area contributed by atoms with E-state index < -0.39 is 0 Å². The zero-order valence-corrected chi connectivity index (χ0v) is 14.8. The molecule has 25 heavy (non-hydrogen) atoms. The van der Waals surface area contributed by atoms with Crippen molar-refractivity contribution in [1.29, 1.82) is 0 Å². The van der Waals surface area contributed by atoms with Gasteiger partial charge in [0.15, 0.2) is 5.13 Å². The van der Waals surface area contributed by atoms with Gasteiger partial charge >= 0.3 is 0 Å². The van der Waals surface area contributed by atoms with Gasteiger partial charge in [0.25, 0.3) is 0 Å². The lowest BCUT2D eigenvalue weighted by atomic mass is 10.3. The molecule has 0 aliphatic heterocycles. The minimum atomic E-state index is 0.217. The number of methoxy groups -OCH3 is 1. The molecule has 0 radical (unpaired) electrons. The predicted octanol–water partition coefficient (Wildman–Crippen LogP) is 3.42. The van der Waals surface area contributed by atoms with Crippen LogP contribution in [0.1, 0.15) is 5.69 Å². The lowest BCUT2D eigenvalue weighted by Gasteiger charge is -2.06. The number of hydrogen-bond acceptors (Lipinski definition) is 8. The van der Waals surface area contributed by atoms with Crippen molar-refractivity contribution in [3.63, 3.8) is 0 Å². The van der Waals surface area contributed by atoms with E-state index in [0.717, 1.165) is 27.1 Å². The number of nitrogens with one attached hydrogen (secondary N) is 2. The van der Waals surface area contributed by atoms with Gasteiger partial charge in [-0.05, 0) is 37.3 Å². The largest absolute Gasteiger partial charge is 0.508 e. The van der Waals surface area contributed by atoms with Crippen molar-refractivity contribution < 1.29 is 9.84 Å². The highest BCUT2D eigenvalue weighted by Crippen LogP contribution is 2.32. The smallest absolute Gasteiger partial charge is 0.227 e. The van der Waals surface area contributed by atoms with Crippen LogP contribution in [0.25, 0.3) is 10.6 Å². The summed E-state index contributed by atoms with van der Waals surface area (Å²) in [5.41, 5.74) is 2.53. The first kappa shape index (κ1) is 17.1. The van der Waals surface area contributed by atoms with Crippen LogP contribution in [-0.2, 0) is 4.74 Å². The van der Waals surface area contributed by atoms with Crippen LogP contribution >= 0.6 is 11.3 Å². The maximum atomic E-state index is 9.35. The van der Waals surface area contributed by atoms with Crippen molar-refractivity contribution in [1.82, 2.24) is 15.0 Å². The molecule has 0 amide bonds. The van der Waals surface area contributed by atoms with Gasteiger partial charge in [0.1, 0.15) is 5.75 Å². The van der Waals surface area contributed by atoms with Crippen LogP contribution in [0.15, 0.2) is 36.5 Å². The molecule has 1 aromatic carbocycles. The number of thiazole rings is 1. The van der Waals surface area contributed by atoms with Crippen molar-refractivity contribution >= 4 is 28.1 Å². The lowest BCUT2D eigenvalue weighted by molar-refractivity contribution is 0.211. The molecule has 3 rings (SSSR count). The van der Waals surface area contributed by atoms with E-state index in [0.29, 0.717) is 19.1 Å². The third-order valence-corrected chi connectivity index (χ3v) is 4.53. The third kappa shape index (κ3) is 4.43. The third-order valence-electron chi connectivity index (χ3n) is 3.39. The summed E-state index contributed by atoms with van der Waals surface area (Å²) in [7, 11) is 1.67. The summed E-state index contributed by atoms with van der Waals surface area (Å²) in [6.07, 6.45) is 1.71. The topological polar surface area (TPSA) is 92.2 Å². The first-order valence-corrected chi connectivity index (χ1v) is 8.57. The van der Waals surface area contributed by atoms with Gasteiger partial charge in [-0.15, -0.1) is 0 Å². The fraction of sp³-hybridized carbons (Fsp3) is 0.235. The summed E-state index contributed by atoms with van der Waals surface area (Å²) in [5.74, 6) is 0.707. The first-order chi connectivity index (χ1) is 12.2. The van der Waals surface area contributed by atoms with E-state index in [9.17, 15) is 5.11 Å². The van der Waals surface area contributed by atoms with Gasteiger partial charge in [-0.2, -0.15) is 0 Å². The molecule has 3 N–H and O–H groups in total. The minimum absolute atomic E-state index is 0.217. The number of phenolic OH excluding ortho intramolecular Hbond substituents is 1. The number of benzene rings is 1. The van der Waals surface area contributed by atoms with Crippen molar-refractivity contribution in [2.75, 3.05) is 30.9 Å². The zero-order valence-electron chi connectivity index (χ0n) is 14.0. The number of hydrogen-bond donors (Lipinski definition) is 3. The minimum Gasteiger partial charge on any atom is -0.508 e. The molecule has 130 valence electrons. The summed E-state index contributed by atoms with van der Waals surface area (Å²) in [6.45, 7) is 3.30. The fourth-order valence-electron chi connectivity index (χ4n) is 2.19. The van der Waals surface area contributed by atoms with Crippen LogP contribution in [0.4, 0.5) is 16.8 Å². The standard InChI is InChI=1S/C17H19N5O2S/c1-11-15(25-17(20-11)19-9-10-24-2)14-7-8-18-16(22-14)21-12-3-5-13(23)6-4-12/h3-8,23H,9-10H2,1-2H3,(H,19,20)(H,18,21,22). The molecule has 0 saturated heterocycles. The first-order valence-electron chi connectivity index (χ1n) is 7.75. The maximum absolute atomic E-state index is 9.35. The van der Waals surface area contributed by atoms with Crippen LogP contribution in [-0.4, -0.2) is 40.3 Å². The molecule has 7 nitrogen and oxygen atoms in total. The Labute approximate surface area is 149 Å². The van der Waals surface area contributed by atoms with E-state index in [2.05, 4.69) is 25.6 Å². The summed E-state index contributed by atoms with van der Waals surface area (Å²) in [4.78, 5) is 14.3. The Morgan fingerprint density at radius 1 is 1.16 bits per heavy atom. The second-order valence-electron chi connectivity index (χ2n) is 5.29. The maximum Gasteiger partial charge on any atom is 0.227 e. The van der Waals surface area contributed by atoms with Crippen LogP contribution in [0.5, 0.6) is 5.75 Å². The van der Waals surface area contributed by atoms with Gasteiger partial charge in [-0.25, -0.2) is 15.0 Å². The second-order valence-corrected chi connectivity index (χ2v) is 6.29. The Balaban J connectivity index is 1.78. The zero-order chi connectivity index (χ0) is 17.6. The Hall–Kier alpha value is -2.71. The molecular weight excluding hydrogens is 338 g/mol. The SMILES string of the molecule is COCCNc1nc(C)c(-c2ccnc(Nc3ccc(O)cc3)n2)s1. The average molecular weight is 357 g/mol. The Morgan fingerprint density at radius 2 is 1.96 bits per heavy atom. The molecule has 2 heterocycles. The monoisotopic (exact) mass is 357 g/mol. The molecule has 0 spiro atoms. The average Bonchev–Trinajstić information content (AvgIpc) is 2.98. The van der Waals surface area contributed by atoms with E-state index in [4.69, 9.17) is 4.74 Å². The van der Waals surface area contributed by atoms with Gasteiger partial charge in [0, 0.05) is 25.5 Å². The molecule has 8 heteroatoms. The van der Waals surface area contributed by atoms with Crippen molar-refractivity contribution in [2.24, 2.45) is 0 Å². The number of aromatic hydroxyl groups is 1. The van der Waals surface area contributed by atoms with Crippen molar-refractivity contribution in [3.05, 3.63) is 42.2 Å². The number of anilines is 3. The van der Waals surface area contributed by atoms with E-state index in [1.54, 1.807) is 48.9 Å². The van der Waals surface area contributed by atoms with Crippen LogP contribution in [0.3, 0.4) is 0 Å². The van der Waals surface area contributed by atoms with E-state index in [-0.39, 0.29) is 5.75 Å². The quantitative estimate of drug-likeness (QED) is 0.441. The number of rotatable bonds is 7. The van der Waals surface area contributed by atoms with Crippen LogP contribution in [0, 0.1) is 6.92 Å². The summed E-state index contributed by atoms with van der Waals surface area (Å²) >= 11 is 1.55.